The molecule has 0 amide bonds. The third-order valence-corrected chi connectivity index (χ3v) is 3.37. The Morgan fingerprint density at radius 1 is 0.750 bits per heavy atom. The van der Waals surface area contributed by atoms with Gasteiger partial charge in [-0.1, -0.05) is 54.6 Å². The first-order valence-corrected chi connectivity index (χ1v) is 6.31. The molecule has 0 N–H and O–H groups in total. The van der Waals surface area contributed by atoms with Gasteiger partial charge in [0.2, 0.25) is 0 Å². The summed E-state index contributed by atoms with van der Waals surface area (Å²) in [6.07, 6.45) is 3.55. The molecule has 2 aromatic rings. The van der Waals surface area contributed by atoms with E-state index >= 15 is 0 Å². The molecule has 0 saturated heterocycles. The third-order valence-electron chi connectivity index (χ3n) is 2.81. The number of benzene rings is 2. The normalized spacial score (nSPS) is 10.3. The minimum absolute atomic E-state index is 1.16. The van der Waals surface area contributed by atoms with Crippen LogP contribution in [0.3, 0.4) is 0 Å². The number of aryl methyl sites for hydroxylation is 2. The fourth-order valence-corrected chi connectivity index (χ4v) is 2.24. The van der Waals surface area contributed by atoms with Crippen LogP contribution in [0.5, 0.6) is 0 Å². The highest BCUT2D eigenvalue weighted by Crippen LogP contribution is 2.08. The van der Waals surface area contributed by atoms with Crippen LogP contribution < -0.4 is 5.30 Å². The van der Waals surface area contributed by atoms with Crippen LogP contribution in [-0.4, -0.2) is 0 Å². The molecule has 0 fully saturated rings. The van der Waals surface area contributed by atoms with E-state index in [0.29, 0.717) is 0 Å². The van der Waals surface area contributed by atoms with E-state index in [2.05, 4.69) is 63.8 Å². The maximum atomic E-state index is 2.81. The molecule has 0 radical (unpaired) electrons. The fourth-order valence-electron chi connectivity index (χ4n) is 1.89. The molecule has 0 saturated carbocycles. The lowest BCUT2D eigenvalue weighted by Gasteiger charge is -2.05. The summed E-state index contributed by atoms with van der Waals surface area (Å²) in [5, 5.41) is 1.33. The molecule has 0 bridgehead atoms. The molecule has 16 heavy (non-hydrogen) atoms. The third kappa shape index (κ3) is 3.18. The summed E-state index contributed by atoms with van der Waals surface area (Å²) in [5.74, 6) is 0. The number of rotatable bonds is 4. The van der Waals surface area contributed by atoms with Gasteiger partial charge in [0.15, 0.2) is 0 Å². The Morgan fingerprint density at radius 3 is 2.19 bits per heavy atom. The summed E-state index contributed by atoms with van der Waals surface area (Å²) < 4.78 is 0. The van der Waals surface area contributed by atoms with Gasteiger partial charge in [-0.3, -0.25) is 0 Å². The van der Waals surface area contributed by atoms with Crippen LogP contribution in [0.1, 0.15) is 17.5 Å². The van der Waals surface area contributed by atoms with Gasteiger partial charge < -0.3 is 0 Å². The molecule has 0 heterocycles. The first-order chi connectivity index (χ1) is 7.86. The van der Waals surface area contributed by atoms with Crippen molar-refractivity contribution in [3.8, 4) is 0 Å². The molecule has 0 aliphatic carbocycles. The van der Waals surface area contributed by atoms with E-state index in [-0.39, 0.29) is 0 Å². The Morgan fingerprint density at radius 2 is 1.44 bits per heavy atom. The molecular weight excluding hydrogens is 211 g/mol. The van der Waals surface area contributed by atoms with Crippen LogP contribution in [0, 0.1) is 0 Å². The van der Waals surface area contributed by atoms with Crippen LogP contribution in [0.25, 0.3) is 0 Å². The highest BCUT2D eigenvalue weighted by atomic mass is 31.0. The van der Waals surface area contributed by atoms with Crippen molar-refractivity contribution in [2.24, 2.45) is 0 Å². The topological polar surface area (TPSA) is 0 Å². The Bertz CT molecular complexity index is 434. The maximum Gasteiger partial charge on any atom is -0.0270 e. The highest BCUT2D eigenvalue weighted by molar-refractivity contribution is 7.27. The standard InChI is InChI=1S/C15H17P/c16-15-12-5-4-10-14(15)11-6-9-13-7-2-1-3-8-13/h1-5,7-8,10,12H,6,9,11,16H2. The summed E-state index contributed by atoms with van der Waals surface area (Å²) in [4.78, 5) is 0. The summed E-state index contributed by atoms with van der Waals surface area (Å²) in [7, 11) is 2.81. The van der Waals surface area contributed by atoms with Crippen molar-refractivity contribution < 1.29 is 0 Å². The maximum absolute atomic E-state index is 2.81. The van der Waals surface area contributed by atoms with Gasteiger partial charge >= 0.3 is 0 Å². The van der Waals surface area contributed by atoms with Crippen LogP contribution in [0.15, 0.2) is 54.6 Å². The Hall–Kier alpha value is -1.13. The number of hydrogen-bond donors (Lipinski definition) is 0. The molecular formula is C15H17P. The monoisotopic (exact) mass is 228 g/mol. The Kier molecular flexibility index (Phi) is 4.13. The largest absolute Gasteiger partial charge is 0.105 e. The first kappa shape index (κ1) is 11.4. The van der Waals surface area contributed by atoms with Crippen molar-refractivity contribution in [1.82, 2.24) is 0 Å². The van der Waals surface area contributed by atoms with E-state index < -0.39 is 0 Å². The van der Waals surface area contributed by atoms with Crippen LogP contribution in [0.4, 0.5) is 0 Å². The Balaban J connectivity index is 1.87. The van der Waals surface area contributed by atoms with Gasteiger partial charge in [-0.05, 0) is 35.7 Å². The average molecular weight is 228 g/mol. The molecule has 2 rings (SSSR count). The minimum Gasteiger partial charge on any atom is -0.105 e. The van der Waals surface area contributed by atoms with Crippen molar-refractivity contribution in [1.29, 1.82) is 0 Å². The molecule has 0 aliphatic rings. The van der Waals surface area contributed by atoms with Crippen molar-refractivity contribution in [3.63, 3.8) is 0 Å². The van der Waals surface area contributed by atoms with Gasteiger partial charge in [-0.15, -0.1) is 9.24 Å². The van der Waals surface area contributed by atoms with Gasteiger partial charge in [-0.2, -0.15) is 0 Å². The quantitative estimate of drug-likeness (QED) is 0.704. The van der Waals surface area contributed by atoms with E-state index in [1.165, 1.54) is 29.3 Å². The van der Waals surface area contributed by atoms with Crippen molar-refractivity contribution in [3.05, 3.63) is 65.7 Å². The molecule has 0 aliphatic heterocycles. The molecule has 82 valence electrons. The van der Waals surface area contributed by atoms with Crippen molar-refractivity contribution in [2.75, 3.05) is 0 Å². The molecule has 1 unspecified atom stereocenters. The lowest BCUT2D eigenvalue weighted by Crippen LogP contribution is -2.01. The smallest absolute Gasteiger partial charge is 0.0270 e. The molecule has 1 atom stereocenters. The zero-order chi connectivity index (χ0) is 11.2. The van der Waals surface area contributed by atoms with Gasteiger partial charge in [0, 0.05) is 0 Å². The van der Waals surface area contributed by atoms with Gasteiger partial charge in [-0.25, -0.2) is 0 Å². The molecule has 0 nitrogen and oxygen atoms in total. The second-order valence-electron chi connectivity index (χ2n) is 4.04. The van der Waals surface area contributed by atoms with E-state index in [9.17, 15) is 0 Å². The van der Waals surface area contributed by atoms with Crippen molar-refractivity contribution >= 4 is 14.5 Å². The molecule has 2 aromatic carbocycles. The highest BCUT2D eigenvalue weighted by Gasteiger charge is 1.97. The predicted molar refractivity (Wildman–Crippen MR) is 74.3 cm³/mol. The minimum atomic E-state index is 1.16. The lowest BCUT2D eigenvalue weighted by atomic mass is 10.0. The predicted octanol–water partition coefficient (Wildman–Crippen LogP) is 3.36. The summed E-state index contributed by atoms with van der Waals surface area (Å²) in [5.41, 5.74) is 2.88. The fraction of sp³-hybridized carbons (Fsp3) is 0.200. The molecule has 0 spiro atoms. The first-order valence-electron chi connectivity index (χ1n) is 5.73. The van der Waals surface area contributed by atoms with Crippen LogP contribution in [-0.2, 0) is 12.8 Å². The SMILES string of the molecule is Pc1ccccc1CCCc1ccccc1. The second kappa shape index (κ2) is 5.82. The summed E-state index contributed by atoms with van der Waals surface area (Å²) in [6.45, 7) is 0. The van der Waals surface area contributed by atoms with Gasteiger partial charge in [0.1, 0.15) is 0 Å². The van der Waals surface area contributed by atoms with Crippen molar-refractivity contribution in [2.45, 2.75) is 19.3 Å². The average Bonchev–Trinajstić information content (AvgIpc) is 2.33. The zero-order valence-corrected chi connectivity index (χ0v) is 10.5. The summed E-state index contributed by atoms with van der Waals surface area (Å²) in [6, 6.07) is 19.3. The van der Waals surface area contributed by atoms with E-state index in [1.54, 1.807) is 0 Å². The van der Waals surface area contributed by atoms with E-state index in [4.69, 9.17) is 0 Å². The van der Waals surface area contributed by atoms with E-state index in [1.807, 2.05) is 0 Å². The second-order valence-corrected chi connectivity index (χ2v) is 4.66. The van der Waals surface area contributed by atoms with Gasteiger partial charge in [0.05, 0.1) is 0 Å². The lowest BCUT2D eigenvalue weighted by molar-refractivity contribution is 0.824. The van der Waals surface area contributed by atoms with Crippen LogP contribution >= 0.6 is 9.24 Å². The summed E-state index contributed by atoms with van der Waals surface area (Å²) >= 11 is 0. The van der Waals surface area contributed by atoms with Crippen LogP contribution in [0.2, 0.25) is 0 Å². The molecule has 1 heteroatoms. The Labute approximate surface area is 99.9 Å². The molecule has 0 aromatic heterocycles. The zero-order valence-electron chi connectivity index (χ0n) is 9.39. The number of hydrogen-bond acceptors (Lipinski definition) is 0. The van der Waals surface area contributed by atoms with E-state index in [0.717, 1.165) is 6.42 Å². The van der Waals surface area contributed by atoms with Gasteiger partial charge in [0.25, 0.3) is 0 Å².